The molecule has 3 heterocycles. The fourth-order valence-electron chi connectivity index (χ4n) is 3.12. The van der Waals surface area contributed by atoms with E-state index in [1.807, 2.05) is 19.4 Å². The molecule has 1 aliphatic heterocycles. The number of carbonyl (C=O) groups excluding carboxylic acids is 1. The van der Waals surface area contributed by atoms with E-state index in [0.717, 1.165) is 30.9 Å². The lowest BCUT2D eigenvalue weighted by Gasteiger charge is -2.32. The molecule has 0 N–H and O–H groups in total. The first kappa shape index (κ1) is 16.7. The summed E-state index contributed by atoms with van der Waals surface area (Å²) in [6.07, 6.45) is 5.32. The molecule has 0 saturated heterocycles. The molecule has 0 saturated carbocycles. The van der Waals surface area contributed by atoms with Crippen LogP contribution in [-0.4, -0.2) is 59.1 Å². The van der Waals surface area contributed by atoms with E-state index in [1.54, 1.807) is 31.5 Å². The first-order valence-corrected chi connectivity index (χ1v) is 8.06. The van der Waals surface area contributed by atoms with Crippen LogP contribution in [0.25, 0.3) is 0 Å². The van der Waals surface area contributed by atoms with Gasteiger partial charge in [-0.05, 0) is 6.07 Å². The number of amides is 1. The van der Waals surface area contributed by atoms with Gasteiger partial charge < -0.3 is 18.6 Å². The van der Waals surface area contributed by atoms with Gasteiger partial charge in [-0.2, -0.15) is 0 Å². The number of imidazole rings is 1. The lowest BCUT2D eigenvalue weighted by Crippen LogP contribution is -2.36. The van der Waals surface area contributed by atoms with Crippen LogP contribution in [0.1, 0.15) is 22.9 Å². The molecule has 7 heteroatoms. The molecule has 0 unspecified atom stereocenters. The zero-order valence-electron chi connectivity index (χ0n) is 14.4. The van der Waals surface area contributed by atoms with Crippen LogP contribution in [-0.2, 0) is 29.7 Å². The predicted molar refractivity (Wildman–Crippen MR) is 88.3 cm³/mol. The molecule has 0 aliphatic carbocycles. The van der Waals surface area contributed by atoms with Crippen molar-refractivity contribution < 1.29 is 13.9 Å². The van der Waals surface area contributed by atoms with Crippen molar-refractivity contribution in [2.45, 2.75) is 19.0 Å². The van der Waals surface area contributed by atoms with Gasteiger partial charge in [-0.3, -0.25) is 9.69 Å². The molecule has 0 spiro atoms. The van der Waals surface area contributed by atoms with Gasteiger partial charge in [0.15, 0.2) is 0 Å². The summed E-state index contributed by atoms with van der Waals surface area (Å²) in [6.45, 7) is 3.12. The van der Waals surface area contributed by atoms with Crippen molar-refractivity contribution in [2.24, 2.45) is 7.05 Å². The molecule has 0 aromatic carbocycles. The van der Waals surface area contributed by atoms with Gasteiger partial charge in [0.25, 0.3) is 0 Å². The van der Waals surface area contributed by atoms with Crippen molar-refractivity contribution in [3.05, 3.63) is 41.9 Å². The van der Waals surface area contributed by atoms with E-state index >= 15 is 0 Å². The van der Waals surface area contributed by atoms with Crippen molar-refractivity contribution in [1.29, 1.82) is 0 Å². The normalized spacial score (nSPS) is 17.7. The summed E-state index contributed by atoms with van der Waals surface area (Å²) in [5, 5.41) is 0. The van der Waals surface area contributed by atoms with E-state index in [1.165, 1.54) is 5.69 Å². The van der Waals surface area contributed by atoms with Crippen molar-refractivity contribution >= 4 is 5.91 Å². The van der Waals surface area contributed by atoms with Crippen LogP contribution in [0.3, 0.4) is 0 Å². The number of fused-ring (bicyclic) bond motifs is 1. The van der Waals surface area contributed by atoms with Crippen LogP contribution >= 0.6 is 0 Å². The Kier molecular flexibility index (Phi) is 5.01. The quantitative estimate of drug-likeness (QED) is 0.796. The Morgan fingerprint density at radius 3 is 3.04 bits per heavy atom. The SMILES string of the molecule is CN(C)C(=O)COC[C@H]1CN(Cc2ccoc2)Cc2ncn(C)c21. The molecule has 0 bridgehead atoms. The number of hydrogen-bond acceptors (Lipinski definition) is 5. The van der Waals surface area contributed by atoms with E-state index in [2.05, 4.69) is 14.5 Å². The van der Waals surface area contributed by atoms with Crippen LogP contribution in [0.2, 0.25) is 0 Å². The molecular weight excluding hydrogens is 308 g/mol. The highest BCUT2D eigenvalue weighted by Gasteiger charge is 2.29. The highest BCUT2D eigenvalue weighted by molar-refractivity contribution is 5.76. The summed E-state index contributed by atoms with van der Waals surface area (Å²) in [7, 11) is 5.48. The molecular formula is C17H24N4O3. The van der Waals surface area contributed by atoms with E-state index < -0.39 is 0 Å². The standard InChI is InChI=1S/C17H24N4O3/c1-19(2)16(22)11-24-10-14-7-21(6-13-4-5-23-9-13)8-15-17(14)20(3)12-18-15/h4-5,9,12,14H,6-8,10-11H2,1-3H3/t14-/m1/s1. The number of aromatic nitrogens is 2. The Morgan fingerprint density at radius 2 is 2.33 bits per heavy atom. The highest BCUT2D eigenvalue weighted by atomic mass is 16.5. The summed E-state index contributed by atoms with van der Waals surface area (Å²) in [6, 6.07) is 1.98. The molecule has 0 fully saturated rings. The number of ether oxygens (including phenoxy) is 1. The molecule has 1 amide bonds. The summed E-state index contributed by atoms with van der Waals surface area (Å²) in [4.78, 5) is 20.1. The average molecular weight is 332 g/mol. The van der Waals surface area contributed by atoms with Gasteiger partial charge >= 0.3 is 0 Å². The lowest BCUT2D eigenvalue weighted by atomic mass is 9.98. The maximum Gasteiger partial charge on any atom is 0.248 e. The van der Waals surface area contributed by atoms with E-state index in [9.17, 15) is 4.79 Å². The summed E-state index contributed by atoms with van der Waals surface area (Å²) >= 11 is 0. The third-order valence-electron chi connectivity index (χ3n) is 4.33. The number of rotatable bonds is 6. The third-order valence-corrected chi connectivity index (χ3v) is 4.33. The number of hydrogen-bond donors (Lipinski definition) is 0. The maximum atomic E-state index is 11.7. The minimum absolute atomic E-state index is 0.0220. The zero-order chi connectivity index (χ0) is 17.1. The van der Waals surface area contributed by atoms with Gasteiger partial charge in [0.05, 0.1) is 31.2 Å². The van der Waals surface area contributed by atoms with Gasteiger partial charge in [0.1, 0.15) is 6.61 Å². The average Bonchev–Trinajstić information content (AvgIpc) is 3.17. The Morgan fingerprint density at radius 1 is 1.50 bits per heavy atom. The summed E-state index contributed by atoms with van der Waals surface area (Å²) in [5.41, 5.74) is 3.44. The van der Waals surface area contributed by atoms with Crippen molar-refractivity contribution in [3.8, 4) is 0 Å². The largest absolute Gasteiger partial charge is 0.472 e. The van der Waals surface area contributed by atoms with Crippen molar-refractivity contribution in [2.75, 3.05) is 33.9 Å². The van der Waals surface area contributed by atoms with Crippen molar-refractivity contribution in [1.82, 2.24) is 19.4 Å². The topological polar surface area (TPSA) is 63.7 Å². The van der Waals surface area contributed by atoms with Gasteiger partial charge in [-0.15, -0.1) is 0 Å². The number of likely N-dealkylation sites (N-methyl/N-ethyl adjacent to an activating group) is 1. The monoisotopic (exact) mass is 332 g/mol. The third kappa shape index (κ3) is 3.68. The minimum Gasteiger partial charge on any atom is -0.472 e. The van der Waals surface area contributed by atoms with Gasteiger partial charge in [-0.25, -0.2) is 4.98 Å². The van der Waals surface area contributed by atoms with Crippen LogP contribution in [0, 0.1) is 0 Å². The molecule has 7 nitrogen and oxygen atoms in total. The van der Waals surface area contributed by atoms with Gasteiger partial charge in [0.2, 0.25) is 5.91 Å². The number of aryl methyl sites for hydroxylation is 1. The fraction of sp³-hybridized carbons (Fsp3) is 0.529. The smallest absolute Gasteiger partial charge is 0.248 e. The van der Waals surface area contributed by atoms with Gasteiger partial charge in [-0.1, -0.05) is 0 Å². The molecule has 3 rings (SSSR count). The molecule has 1 aliphatic rings. The second-order valence-corrected chi connectivity index (χ2v) is 6.49. The molecule has 24 heavy (non-hydrogen) atoms. The first-order valence-electron chi connectivity index (χ1n) is 8.06. The lowest BCUT2D eigenvalue weighted by molar-refractivity contribution is -0.133. The Hall–Kier alpha value is -2.12. The Balaban J connectivity index is 1.66. The highest BCUT2D eigenvalue weighted by Crippen LogP contribution is 2.28. The number of carbonyl (C=O) groups is 1. The number of nitrogens with zero attached hydrogens (tertiary/aromatic N) is 4. The summed E-state index contributed by atoms with van der Waals surface area (Å²) in [5.74, 6) is 0.175. The van der Waals surface area contributed by atoms with Crippen molar-refractivity contribution in [3.63, 3.8) is 0 Å². The first-order chi connectivity index (χ1) is 11.5. The molecule has 2 aromatic rings. The predicted octanol–water partition coefficient (Wildman–Crippen LogP) is 1.22. The van der Waals surface area contributed by atoms with Crippen LogP contribution < -0.4 is 0 Å². The van der Waals surface area contributed by atoms with Gasteiger partial charge in [0, 0.05) is 58.0 Å². The molecule has 0 radical (unpaired) electrons. The van der Waals surface area contributed by atoms with Crippen LogP contribution in [0.5, 0.6) is 0 Å². The molecule has 2 aromatic heterocycles. The Labute approximate surface area is 141 Å². The number of furan rings is 1. The van der Waals surface area contributed by atoms with Crippen LogP contribution in [0.4, 0.5) is 0 Å². The van der Waals surface area contributed by atoms with Crippen LogP contribution in [0.15, 0.2) is 29.3 Å². The molecule has 130 valence electrons. The fourth-order valence-corrected chi connectivity index (χ4v) is 3.12. The molecule has 1 atom stereocenters. The van der Waals surface area contributed by atoms with E-state index in [-0.39, 0.29) is 18.4 Å². The van der Waals surface area contributed by atoms with E-state index in [4.69, 9.17) is 9.15 Å². The second kappa shape index (κ2) is 7.19. The maximum absolute atomic E-state index is 11.7. The Bertz CT molecular complexity index is 678. The zero-order valence-corrected chi connectivity index (χ0v) is 14.4. The summed E-state index contributed by atoms with van der Waals surface area (Å²) < 4.78 is 12.9. The minimum atomic E-state index is -0.0220. The van der Waals surface area contributed by atoms with E-state index in [0.29, 0.717) is 6.61 Å². The second-order valence-electron chi connectivity index (χ2n) is 6.49.